The molecular formula is C43H84NO8P. The number of esters is 2. The van der Waals surface area contributed by atoms with E-state index in [9.17, 15) is 19.0 Å². The van der Waals surface area contributed by atoms with E-state index in [1.807, 2.05) is 0 Å². The Morgan fingerprint density at radius 3 is 1.38 bits per heavy atom. The molecule has 0 aliphatic heterocycles. The Labute approximate surface area is 326 Å². The molecular weight excluding hydrogens is 689 g/mol. The number of carbonyl (C=O) groups is 2. The minimum Gasteiger partial charge on any atom is -0.462 e. The first-order chi connectivity index (χ1) is 25.8. The van der Waals surface area contributed by atoms with Crippen molar-refractivity contribution in [2.24, 2.45) is 5.73 Å². The highest BCUT2D eigenvalue weighted by Gasteiger charge is 2.26. The molecule has 0 rings (SSSR count). The van der Waals surface area contributed by atoms with Crippen molar-refractivity contribution < 1.29 is 37.6 Å². The van der Waals surface area contributed by atoms with E-state index >= 15 is 0 Å². The van der Waals surface area contributed by atoms with E-state index in [0.29, 0.717) is 12.8 Å². The second kappa shape index (κ2) is 40.4. The number of ether oxygens (including phenoxy) is 2. The summed E-state index contributed by atoms with van der Waals surface area (Å²) in [5, 5.41) is 0. The lowest BCUT2D eigenvalue weighted by Crippen LogP contribution is -2.29. The van der Waals surface area contributed by atoms with Crippen LogP contribution < -0.4 is 5.73 Å². The highest BCUT2D eigenvalue weighted by atomic mass is 31.2. The summed E-state index contributed by atoms with van der Waals surface area (Å²) < 4.78 is 32.8. The van der Waals surface area contributed by atoms with Crippen LogP contribution in [0.3, 0.4) is 0 Å². The van der Waals surface area contributed by atoms with Gasteiger partial charge in [-0.15, -0.1) is 0 Å². The zero-order valence-electron chi connectivity index (χ0n) is 34.5. The summed E-state index contributed by atoms with van der Waals surface area (Å²) in [5.74, 6) is -0.843. The molecule has 9 nitrogen and oxygen atoms in total. The number of nitrogens with two attached hydrogens (primary N) is 1. The zero-order valence-corrected chi connectivity index (χ0v) is 35.4. The van der Waals surface area contributed by atoms with Crippen LogP contribution in [0.25, 0.3) is 0 Å². The molecule has 0 saturated carbocycles. The Bertz CT molecular complexity index is 886. The van der Waals surface area contributed by atoms with E-state index in [1.54, 1.807) is 0 Å². The largest absolute Gasteiger partial charge is 0.472 e. The van der Waals surface area contributed by atoms with Crippen molar-refractivity contribution in [2.75, 3.05) is 26.4 Å². The van der Waals surface area contributed by atoms with Crippen LogP contribution in [0.1, 0.15) is 219 Å². The molecule has 0 aromatic carbocycles. The number of unbranched alkanes of at least 4 members (excludes halogenated alkanes) is 27. The minimum atomic E-state index is -4.37. The molecule has 314 valence electrons. The fraction of sp³-hybridized carbons (Fsp3) is 0.907. The van der Waals surface area contributed by atoms with Crippen molar-refractivity contribution in [1.82, 2.24) is 0 Å². The summed E-state index contributed by atoms with van der Waals surface area (Å²) >= 11 is 0. The third-order valence-electron chi connectivity index (χ3n) is 9.65. The Hall–Kier alpha value is -1.25. The lowest BCUT2D eigenvalue weighted by atomic mass is 10.0. The van der Waals surface area contributed by atoms with Crippen molar-refractivity contribution in [1.29, 1.82) is 0 Å². The SMILES string of the molecule is CCCCCCCCCCC/C=C/CCCCC(=O)OC[C@H](COP(=O)(O)OCCN)OC(=O)CCCCCCCCCCCCCCCCCCC. The van der Waals surface area contributed by atoms with Crippen LogP contribution in [0.5, 0.6) is 0 Å². The molecule has 0 fully saturated rings. The topological polar surface area (TPSA) is 134 Å². The van der Waals surface area contributed by atoms with Crippen LogP contribution in [0.15, 0.2) is 12.2 Å². The first kappa shape index (κ1) is 51.8. The molecule has 0 aromatic rings. The molecule has 0 aliphatic carbocycles. The Morgan fingerprint density at radius 2 is 0.925 bits per heavy atom. The first-order valence-corrected chi connectivity index (χ1v) is 23.7. The van der Waals surface area contributed by atoms with Gasteiger partial charge in [-0.2, -0.15) is 0 Å². The van der Waals surface area contributed by atoms with Gasteiger partial charge in [-0.1, -0.05) is 180 Å². The van der Waals surface area contributed by atoms with E-state index < -0.39 is 32.5 Å². The molecule has 3 N–H and O–H groups in total. The van der Waals surface area contributed by atoms with Gasteiger partial charge in [0.1, 0.15) is 6.61 Å². The molecule has 0 heterocycles. The molecule has 53 heavy (non-hydrogen) atoms. The van der Waals surface area contributed by atoms with Gasteiger partial charge in [0, 0.05) is 19.4 Å². The van der Waals surface area contributed by atoms with Gasteiger partial charge in [-0.25, -0.2) is 4.57 Å². The summed E-state index contributed by atoms with van der Waals surface area (Å²) in [6, 6.07) is 0. The summed E-state index contributed by atoms with van der Waals surface area (Å²) in [7, 11) is -4.37. The standard InChI is InChI=1S/C43H84NO8P/c1-3-5-7-9-11-13-15-17-19-20-22-24-26-28-30-32-34-36-43(46)52-41(40-51-53(47,48)50-38-37-44)39-49-42(45)35-33-31-29-27-25-23-21-18-16-14-12-10-8-6-4-2/h25,27,41H,3-24,26,28-40,44H2,1-2H3,(H,47,48)/b27-25+/t41-/m1/s1. The van der Waals surface area contributed by atoms with Crippen molar-refractivity contribution in [2.45, 2.75) is 225 Å². The predicted molar refractivity (Wildman–Crippen MR) is 220 cm³/mol. The summed E-state index contributed by atoms with van der Waals surface area (Å²) in [5.41, 5.74) is 5.35. The first-order valence-electron chi connectivity index (χ1n) is 22.2. The van der Waals surface area contributed by atoms with Crippen molar-refractivity contribution in [3.63, 3.8) is 0 Å². The van der Waals surface area contributed by atoms with E-state index in [1.165, 1.54) is 148 Å². The quantitative estimate of drug-likeness (QED) is 0.0269. The van der Waals surface area contributed by atoms with Gasteiger partial charge in [0.15, 0.2) is 6.10 Å². The van der Waals surface area contributed by atoms with Crippen LogP contribution in [0.2, 0.25) is 0 Å². The number of carbonyl (C=O) groups excluding carboxylic acids is 2. The number of hydrogen-bond donors (Lipinski definition) is 2. The monoisotopic (exact) mass is 774 g/mol. The molecule has 0 aliphatic rings. The van der Waals surface area contributed by atoms with Crippen LogP contribution >= 0.6 is 7.82 Å². The second-order valence-electron chi connectivity index (χ2n) is 14.9. The van der Waals surface area contributed by atoms with Crippen LogP contribution in [-0.2, 0) is 32.7 Å². The van der Waals surface area contributed by atoms with Crippen molar-refractivity contribution in [3.8, 4) is 0 Å². The van der Waals surface area contributed by atoms with Gasteiger partial charge in [0.05, 0.1) is 13.2 Å². The van der Waals surface area contributed by atoms with Crippen molar-refractivity contribution in [3.05, 3.63) is 12.2 Å². The molecule has 0 spiro atoms. The van der Waals surface area contributed by atoms with Crippen LogP contribution in [0, 0.1) is 0 Å². The predicted octanol–water partition coefficient (Wildman–Crippen LogP) is 12.6. The fourth-order valence-corrected chi connectivity index (χ4v) is 7.10. The van der Waals surface area contributed by atoms with Gasteiger partial charge < -0.3 is 20.1 Å². The van der Waals surface area contributed by atoms with Gasteiger partial charge >= 0.3 is 19.8 Å². The maximum atomic E-state index is 12.6. The van der Waals surface area contributed by atoms with Crippen LogP contribution in [0.4, 0.5) is 0 Å². The zero-order chi connectivity index (χ0) is 38.9. The maximum absolute atomic E-state index is 12.6. The van der Waals surface area contributed by atoms with Gasteiger partial charge in [0.2, 0.25) is 0 Å². The Morgan fingerprint density at radius 1 is 0.547 bits per heavy atom. The average Bonchev–Trinajstić information content (AvgIpc) is 3.14. The number of phosphoric ester groups is 1. The number of rotatable bonds is 42. The maximum Gasteiger partial charge on any atom is 0.472 e. The van der Waals surface area contributed by atoms with E-state index in [2.05, 4.69) is 26.0 Å². The summed E-state index contributed by atoms with van der Waals surface area (Å²) in [6.45, 7) is 3.74. The molecule has 0 radical (unpaired) electrons. The fourth-order valence-electron chi connectivity index (χ4n) is 6.34. The third-order valence-corrected chi connectivity index (χ3v) is 10.6. The smallest absolute Gasteiger partial charge is 0.462 e. The summed E-state index contributed by atoms with van der Waals surface area (Å²) in [6.07, 6.45) is 41.0. The minimum absolute atomic E-state index is 0.0540. The average molecular weight is 774 g/mol. The van der Waals surface area contributed by atoms with E-state index in [4.69, 9.17) is 24.3 Å². The molecule has 1 unspecified atom stereocenters. The molecule has 2 atom stereocenters. The van der Waals surface area contributed by atoms with Gasteiger partial charge in [-0.3, -0.25) is 18.6 Å². The Kier molecular flexibility index (Phi) is 39.5. The summed E-state index contributed by atoms with van der Waals surface area (Å²) in [4.78, 5) is 34.8. The lowest BCUT2D eigenvalue weighted by molar-refractivity contribution is -0.161. The number of hydrogen-bond acceptors (Lipinski definition) is 8. The number of phosphoric acid groups is 1. The van der Waals surface area contributed by atoms with E-state index in [-0.39, 0.29) is 32.6 Å². The molecule has 10 heteroatoms. The third kappa shape index (κ3) is 40.2. The lowest BCUT2D eigenvalue weighted by Gasteiger charge is -2.19. The van der Waals surface area contributed by atoms with Crippen molar-refractivity contribution >= 4 is 19.8 Å². The Balaban J connectivity index is 4.13. The van der Waals surface area contributed by atoms with Gasteiger partial charge in [0.25, 0.3) is 0 Å². The van der Waals surface area contributed by atoms with Gasteiger partial charge in [-0.05, 0) is 38.5 Å². The normalized spacial score (nSPS) is 13.4. The highest BCUT2D eigenvalue weighted by Crippen LogP contribution is 2.43. The highest BCUT2D eigenvalue weighted by molar-refractivity contribution is 7.47. The molecule has 0 aromatic heterocycles. The number of allylic oxidation sites excluding steroid dienone is 2. The van der Waals surface area contributed by atoms with Crippen LogP contribution in [-0.4, -0.2) is 49.3 Å². The van der Waals surface area contributed by atoms with E-state index in [0.717, 1.165) is 32.1 Å². The molecule has 0 bridgehead atoms. The molecule has 0 saturated heterocycles. The second-order valence-corrected chi connectivity index (χ2v) is 16.4. The molecule has 0 amide bonds.